The number of benzene rings is 2. The average molecular weight is 328 g/mol. The zero-order valence-corrected chi connectivity index (χ0v) is 12.0. The number of nitro benzene ring substituents is 1. The molecule has 0 heterocycles. The van der Waals surface area contributed by atoms with Crippen molar-refractivity contribution in [2.24, 2.45) is 0 Å². The summed E-state index contributed by atoms with van der Waals surface area (Å²) in [5.74, 6) is -2.00. The summed E-state index contributed by atoms with van der Waals surface area (Å²) in [5.41, 5.74) is -1.00. The fraction of sp³-hybridized carbons (Fsp3) is 0.0769. The molecular formula is C13H10F2N2O4S. The summed E-state index contributed by atoms with van der Waals surface area (Å²) in [6.07, 6.45) is 0. The topological polar surface area (TPSA) is 89.3 Å². The highest BCUT2D eigenvalue weighted by Gasteiger charge is 2.28. The van der Waals surface area contributed by atoms with Gasteiger partial charge in [-0.3, -0.25) is 14.8 Å². The van der Waals surface area contributed by atoms with E-state index in [2.05, 4.69) is 0 Å². The normalized spacial score (nSPS) is 11.2. The summed E-state index contributed by atoms with van der Waals surface area (Å²) in [6.45, 7) is 1.38. The summed E-state index contributed by atoms with van der Waals surface area (Å²) < 4.78 is 52.9. The Morgan fingerprint density at radius 3 is 2.45 bits per heavy atom. The number of hydrogen-bond acceptors (Lipinski definition) is 4. The van der Waals surface area contributed by atoms with E-state index in [4.69, 9.17) is 0 Å². The van der Waals surface area contributed by atoms with Crippen molar-refractivity contribution in [1.29, 1.82) is 0 Å². The Hall–Kier alpha value is -2.55. The lowest BCUT2D eigenvalue weighted by Gasteiger charge is -2.11. The van der Waals surface area contributed by atoms with Crippen molar-refractivity contribution in [3.8, 4) is 0 Å². The highest BCUT2D eigenvalue weighted by Crippen LogP contribution is 2.29. The van der Waals surface area contributed by atoms with E-state index in [1.165, 1.54) is 19.1 Å². The smallest absolute Gasteiger partial charge is 0.276 e. The lowest BCUT2D eigenvalue weighted by atomic mass is 10.2. The third-order valence-electron chi connectivity index (χ3n) is 2.83. The first kappa shape index (κ1) is 15.8. The second-order valence-electron chi connectivity index (χ2n) is 4.41. The summed E-state index contributed by atoms with van der Waals surface area (Å²) in [7, 11) is -4.41. The van der Waals surface area contributed by atoms with E-state index in [0.717, 1.165) is 18.2 Å². The predicted octanol–water partition coefficient (Wildman–Crippen LogP) is 2.98. The lowest BCUT2D eigenvalue weighted by molar-refractivity contribution is -0.387. The van der Waals surface area contributed by atoms with Gasteiger partial charge in [0.05, 0.1) is 10.6 Å². The van der Waals surface area contributed by atoms with Crippen LogP contribution in [0.4, 0.5) is 20.2 Å². The fourth-order valence-electron chi connectivity index (χ4n) is 1.90. The number of rotatable bonds is 4. The van der Waals surface area contributed by atoms with Gasteiger partial charge in [-0.2, -0.15) is 0 Å². The number of halogens is 2. The minimum Gasteiger partial charge on any atom is -0.276 e. The molecule has 0 fully saturated rings. The Labute approximate surface area is 124 Å². The lowest BCUT2D eigenvalue weighted by Crippen LogP contribution is -2.17. The molecule has 0 saturated carbocycles. The number of anilines is 1. The van der Waals surface area contributed by atoms with E-state index in [-0.39, 0.29) is 5.56 Å². The van der Waals surface area contributed by atoms with Crippen molar-refractivity contribution >= 4 is 21.4 Å². The molecule has 0 saturated heterocycles. The number of aryl methyl sites for hydroxylation is 1. The minimum absolute atomic E-state index is 0.129. The van der Waals surface area contributed by atoms with E-state index in [9.17, 15) is 27.3 Å². The second-order valence-corrected chi connectivity index (χ2v) is 6.03. The van der Waals surface area contributed by atoms with E-state index < -0.39 is 42.9 Å². The van der Waals surface area contributed by atoms with E-state index in [1.54, 1.807) is 0 Å². The van der Waals surface area contributed by atoms with Crippen LogP contribution in [0.1, 0.15) is 5.56 Å². The van der Waals surface area contributed by atoms with Gasteiger partial charge in [-0.05, 0) is 24.6 Å². The van der Waals surface area contributed by atoms with Crippen molar-refractivity contribution in [3.63, 3.8) is 0 Å². The first-order valence-electron chi connectivity index (χ1n) is 5.94. The van der Waals surface area contributed by atoms with Gasteiger partial charge in [0.25, 0.3) is 15.7 Å². The van der Waals surface area contributed by atoms with Crippen LogP contribution >= 0.6 is 0 Å². The Kier molecular flexibility index (Phi) is 4.09. The third kappa shape index (κ3) is 3.03. The van der Waals surface area contributed by atoms with Crippen molar-refractivity contribution in [2.75, 3.05) is 4.72 Å². The highest BCUT2D eigenvalue weighted by molar-refractivity contribution is 7.93. The zero-order valence-electron chi connectivity index (χ0n) is 11.2. The Bertz CT molecular complexity index is 853. The first-order valence-corrected chi connectivity index (χ1v) is 7.42. The molecule has 116 valence electrons. The first-order chi connectivity index (χ1) is 10.2. The summed E-state index contributed by atoms with van der Waals surface area (Å²) in [4.78, 5) is 9.56. The van der Waals surface area contributed by atoms with Gasteiger partial charge in [-0.1, -0.05) is 12.1 Å². The molecule has 1 N–H and O–H groups in total. The van der Waals surface area contributed by atoms with Crippen LogP contribution in [0, 0.1) is 28.7 Å². The number of nitro groups is 1. The number of nitrogens with one attached hydrogen (secondary N) is 1. The molecule has 0 unspecified atom stereocenters. The molecule has 2 aromatic carbocycles. The van der Waals surface area contributed by atoms with Gasteiger partial charge in [-0.25, -0.2) is 17.2 Å². The van der Waals surface area contributed by atoms with Crippen LogP contribution in [0.2, 0.25) is 0 Å². The predicted molar refractivity (Wildman–Crippen MR) is 75.0 cm³/mol. The molecular weight excluding hydrogens is 318 g/mol. The maximum atomic E-state index is 13.6. The van der Waals surface area contributed by atoms with Crippen LogP contribution in [-0.2, 0) is 10.0 Å². The van der Waals surface area contributed by atoms with Gasteiger partial charge in [0, 0.05) is 12.1 Å². The molecule has 0 aromatic heterocycles. The minimum atomic E-state index is -4.41. The summed E-state index contributed by atoms with van der Waals surface area (Å²) >= 11 is 0. The molecule has 0 bridgehead atoms. The summed E-state index contributed by atoms with van der Waals surface area (Å²) in [5, 5.41) is 11.0. The quantitative estimate of drug-likeness (QED) is 0.690. The van der Waals surface area contributed by atoms with Crippen molar-refractivity contribution in [3.05, 3.63) is 63.7 Å². The Morgan fingerprint density at radius 1 is 1.18 bits per heavy atom. The number of sulfonamides is 1. The fourth-order valence-corrected chi connectivity index (χ4v) is 3.37. The molecule has 0 atom stereocenters. The van der Waals surface area contributed by atoms with Gasteiger partial charge < -0.3 is 0 Å². The van der Waals surface area contributed by atoms with Crippen LogP contribution in [0.15, 0.2) is 41.3 Å². The zero-order chi connectivity index (χ0) is 16.5. The molecule has 0 amide bonds. The third-order valence-corrected chi connectivity index (χ3v) is 4.39. The highest BCUT2D eigenvalue weighted by atomic mass is 32.2. The standard InChI is InChI=1S/C13H10F2N2O4S/c1-8-3-2-4-12(17(18)19)13(8)22(20,21)16-11-6-5-9(14)7-10(11)15/h2-7,16H,1H3. The molecule has 2 aromatic rings. The molecule has 9 heteroatoms. The second kappa shape index (κ2) is 5.68. The van der Waals surface area contributed by atoms with E-state index in [1.807, 2.05) is 4.72 Å². The van der Waals surface area contributed by atoms with Crippen LogP contribution < -0.4 is 4.72 Å². The van der Waals surface area contributed by atoms with Crippen LogP contribution in [-0.4, -0.2) is 13.3 Å². The number of hydrogen-bond donors (Lipinski definition) is 1. The van der Waals surface area contributed by atoms with Crippen molar-refractivity contribution in [1.82, 2.24) is 0 Å². The molecule has 22 heavy (non-hydrogen) atoms. The van der Waals surface area contributed by atoms with Crippen molar-refractivity contribution in [2.45, 2.75) is 11.8 Å². The molecule has 0 radical (unpaired) electrons. The molecule has 0 aliphatic heterocycles. The Morgan fingerprint density at radius 2 is 1.86 bits per heavy atom. The van der Waals surface area contributed by atoms with Gasteiger partial charge in [0.15, 0.2) is 4.90 Å². The van der Waals surface area contributed by atoms with Crippen LogP contribution in [0.25, 0.3) is 0 Å². The van der Waals surface area contributed by atoms with Crippen LogP contribution in [0.5, 0.6) is 0 Å². The maximum Gasteiger partial charge on any atom is 0.290 e. The molecule has 2 rings (SSSR count). The van der Waals surface area contributed by atoms with E-state index in [0.29, 0.717) is 6.07 Å². The average Bonchev–Trinajstić information content (AvgIpc) is 2.41. The van der Waals surface area contributed by atoms with Crippen molar-refractivity contribution < 1.29 is 22.1 Å². The van der Waals surface area contributed by atoms with Gasteiger partial charge in [0.1, 0.15) is 11.6 Å². The maximum absolute atomic E-state index is 13.6. The van der Waals surface area contributed by atoms with E-state index >= 15 is 0 Å². The van der Waals surface area contributed by atoms with Crippen LogP contribution in [0.3, 0.4) is 0 Å². The SMILES string of the molecule is Cc1cccc([N+](=O)[O-])c1S(=O)(=O)Nc1ccc(F)cc1F. The molecule has 0 spiro atoms. The molecule has 0 aliphatic carbocycles. The molecule has 6 nitrogen and oxygen atoms in total. The van der Waals surface area contributed by atoms with Gasteiger partial charge in [0.2, 0.25) is 0 Å². The van der Waals surface area contributed by atoms with Gasteiger partial charge >= 0.3 is 0 Å². The monoisotopic (exact) mass is 328 g/mol. The van der Waals surface area contributed by atoms with Gasteiger partial charge in [-0.15, -0.1) is 0 Å². The number of nitrogens with zero attached hydrogens (tertiary/aromatic N) is 1. The molecule has 0 aliphatic rings. The summed E-state index contributed by atoms with van der Waals surface area (Å²) in [6, 6.07) is 6.01. The largest absolute Gasteiger partial charge is 0.290 e. The Balaban J connectivity index is 2.54.